The summed E-state index contributed by atoms with van der Waals surface area (Å²) in [5, 5.41) is 4.25. The molecule has 2 aromatic heterocycles. The molecule has 1 aliphatic heterocycles. The van der Waals surface area contributed by atoms with E-state index in [0.717, 1.165) is 27.9 Å². The second-order valence-electron chi connectivity index (χ2n) is 7.75. The fourth-order valence-corrected chi connectivity index (χ4v) is 4.19. The Morgan fingerprint density at radius 2 is 1.87 bits per heavy atom. The minimum absolute atomic E-state index is 0.0930. The predicted octanol–water partition coefficient (Wildman–Crippen LogP) is 4.51. The largest absolute Gasteiger partial charge is 0.290 e. The minimum Gasteiger partial charge on any atom is -0.290 e. The maximum absolute atomic E-state index is 14.2. The van der Waals surface area contributed by atoms with E-state index < -0.39 is 5.82 Å². The molecule has 0 bridgehead atoms. The van der Waals surface area contributed by atoms with Crippen molar-refractivity contribution in [2.45, 2.75) is 19.8 Å². The lowest BCUT2D eigenvalue weighted by molar-refractivity contribution is 0.0978. The normalized spacial score (nSPS) is 13.4. The Kier molecular flexibility index (Phi) is 4.82. The first-order valence-electron chi connectivity index (χ1n) is 10.2. The molecule has 0 saturated carbocycles. The van der Waals surface area contributed by atoms with Gasteiger partial charge in [-0.15, -0.1) is 0 Å². The molecular formula is C25H21FN4O. The van der Waals surface area contributed by atoms with Gasteiger partial charge in [0.1, 0.15) is 0 Å². The summed E-state index contributed by atoms with van der Waals surface area (Å²) in [5.41, 5.74) is 5.97. The summed E-state index contributed by atoms with van der Waals surface area (Å²) in [6.45, 7) is 2.46. The summed E-state index contributed by atoms with van der Waals surface area (Å²) < 4.78 is 16.1. The van der Waals surface area contributed by atoms with E-state index in [4.69, 9.17) is 0 Å². The monoisotopic (exact) mass is 412 g/mol. The molecule has 5 rings (SSSR count). The smallest absolute Gasteiger partial charge is 0.259 e. The molecule has 0 aliphatic carbocycles. The molecule has 0 saturated heterocycles. The predicted molar refractivity (Wildman–Crippen MR) is 117 cm³/mol. The van der Waals surface area contributed by atoms with Crippen molar-refractivity contribution < 1.29 is 9.18 Å². The van der Waals surface area contributed by atoms with E-state index in [1.807, 2.05) is 42.1 Å². The van der Waals surface area contributed by atoms with Gasteiger partial charge >= 0.3 is 0 Å². The van der Waals surface area contributed by atoms with Crippen LogP contribution in [0, 0.1) is 12.7 Å². The summed E-state index contributed by atoms with van der Waals surface area (Å²) in [7, 11) is 0. The quantitative estimate of drug-likeness (QED) is 0.496. The van der Waals surface area contributed by atoms with Gasteiger partial charge in [-0.3, -0.25) is 9.69 Å². The van der Waals surface area contributed by atoms with Gasteiger partial charge in [0.2, 0.25) is 0 Å². The van der Waals surface area contributed by atoms with Crippen molar-refractivity contribution >= 4 is 11.7 Å². The van der Waals surface area contributed by atoms with E-state index >= 15 is 0 Å². The van der Waals surface area contributed by atoms with E-state index in [1.165, 1.54) is 23.2 Å². The number of nitrogens with zero attached hydrogens (tertiary/aromatic N) is 4. The van der Waals surface area contributed by atoms with Gasteiger partial charge in [0.15, 0.2) is 11.6 Å². The van der Waals surface area contributed by atoms with E-state index in [-0.39, 0.29) is 11.7 Å². The standard InChI is InChI=1S/C25H21FN4O/c1-17-14-19(15-18-5-7-20(8-6-18)30-12-3-11-28-30)16-22-21(17)9-13-29(25(22)31)24-23(26)4-2-10-27-24/h2-8,10-12,14,16H,9,13,15H2,1H3. The van der Waals surface area contributed by atoms with Crippen molar-refractivity contribution in [3.63, 3.8) is 0 Å². The van der Waals surface area contributed by atoms with Crippen molar-refractivity contribution in [2.75, 3.05) is 11.4 Å². The Labute approximate surface area is 179 Å². The van der Waals surface area contributed by atoms with Gasteiger partial charge in [0.25, 0.3) is 5.91 Å². The molecule has 0 fully saturated rings. The Bertz CT molecular complexity index is 1250. The van der Waals surface area contributed by atoms with Crippen LogP contribution >= 0.6 is 0 Å². The molecule has 3 heterocycles. The summed E-state index contributed by atoms with van der Waals surface area (Å²) in [6, 6.07) is 17.0. The highest BCUT2D eigenvalue weighted by Crippen LogP contribution is 2.29. The van der Waals surface area contributed by atoms with Crippen LogP contribution in [0.1, 0.15) is 32.6 Å². The number of pyridine rings is 1. The molecule has 1 amide bonds. The van der Waals surface area contributed by atoms with Crippen molar-refractivity contribution in [1.29, 1.82) is 0 Å². The van der Waals surface area contributed by atoms with Crippen LogP contribution in [-0.2, 0) is 12.8 Å². The van der Waals surface area contributed by atoms with Crippen LogP contribution in [0.15, 0.2) is 73.2 Å². The van der Waals surface area contributed by atoms with Gasteiger partial charge in [-0.25, -0.2) is 14.1 Å². The topological polar surface area (TPSA) is 51.0 Å². The van der Waals surface area contributed by atoms with E-state index in [1.54, 1.807) is 6.20 Å². The third kappa shape index (κ3) is 3.61. The third-order valence-corrected chi connectivity index (χ3v) is 5.70. The molecule has 5 nitrogen and oxygen atoms in total. The van der Waals surface area contributed by atoms with Crippen molar-refractivity contribution in [3.8, 4) is 5.69 Å². The second-order valence-corrected chi connectivity index (χ2v) is 7.75. The number of anilines is 1. The first kappa shape index (κ1) is 19.2. The molecule has 4 aromatic rings. The highest BCUT2D eigenvalue weighted by atomic mass is 19.1. The maximum Gasteiger partial charge on any atom is 0.259 e. The number of fused-ring (bicyclic) bond motifs is 1. The summed E-state index contributed by atoms with van der Waals surface area (Å²) in [6.07, 6.45) is 6.56. The van der Waals surface area contributed by atoms with Gasteiger partial charge < -0.3 is 0 Å². The van der Waals surface area contributed by atoms with Gasteiger partial charge in [-0.2, -0.15) is 5.10 Å². The number of carbonyl (C=O) groups is 1. The van der Waals surface area contributed by atoms with Gasteiger partial charge in [0.05, 0.1) is 5.69 Å². The van der Waals surface area contributed by atoms with Crippen LogP contribution in [0.3, 0.4) is 0 Å². The SMILES string of the molecule is Cc1cc(Cc2ccc(-n3cccn3)cc2)cc2c1CCN(c1ncccc1F)C2=O. The van der Waals surface area contributed by atoms with Gasteiger partial charge in [-0.05, 0) is 78.4 Å². The molecular weight excluding hydrogens is 391 g/mol. The van der Waals surface area contributed by atoms with E-state index in [0.29, 0.717) is 24.9 Å². The summed E-state index contributed by atoms with van der Waals surface area (Å²) in [5.74, 6) is -0.585. The third-order valence-electron chi connectivity index (χ3n) is 5.70. The van der Waals surface area contributed by atoms with Gasteiger partial charge in [-0.1, -0.05) is 18.2 Å². The van der Waals surface area contributed by atoms with Crippen LogP contribution in [0.25, 0.3) is 5.69 Å². The first-order chi connectivity index (χ1) is 15.1. The molecule has 1 aliphatic rings. The molecule has 31 heavy (non-hydrogen) atoms. The van der Waals surface area contributed by atoms with Crippen LogP contribution in [0.4, 0.5) is 10.2 Å². The molecule has 6 heteroatoms. The molecule has 2 aromatic carbocycles. The number of aromatic nitrogens is 3. The summed E-state index contributed by atoms with van der Waals surface area (Å²) in [4.78, 5) is 18.7. The molecule has 0 N–H and O–H groups in total. The first-order valence-corrected chi connectivity index (χ1v) is 10.2. The minimum atomic E-state index is -0.482. The Morgan fingerprint density at radius 3 is 2.61 bits per heavy atom. The molecule has 0 radical (unpaired) electrons. The lowest BCUT2D eigenvalue weighted by Gasteiger charge is -2.29. The van der Waals surface area contributed by atoms with Crippen LogP contribution < -0.4 is 4.90 Å². The maximum atomic E-state index is 14.2. The fourth-order valence-electron chi connectivity index (χ4n) is 4.19. The van der Waals surface area contributed by atoms with Crippen LogP contribution in [0.2, 0.25) is 0 Å². The fraction of sp³-hybridized carbons (Fsp3) is 0.160. The average Bonchev–Trinajstić information content (AvgIpc) is 3.31. The lowest BCUT2D eigenvalue weighted by atomic mass is 9.90. The van der Waals surface area contributed by atoms with Crippen LogP contribution in [0.5, 0.6) is 0 Å². The zero-order chi connectivity index (χ0) is 21.4. The lowest BCUT2D eigenvalue weighted by Crippen LogP contribution is -2.39. The Hall–Kier alpha value is -3.80. The second kappa shape index (κ2) is 7.80. The van der Waals surface area contributed by atoms with Crippen molar-refractivity contribution in [2.24, 2.45) is 0 Å². The number of rotatable bonds is 4. The number of halogens is 1. The number of benzene rings is 2. The number of hydrogen-bond donors (Lipinski definition) is 0. The summed E-state index contributed by atoms with van der Waals surface area (Å²) >= 11 is 0. The number of carbonyl (C=O) groups excluding carboxylic acids is 1. The Morgan fingerprint density at radius 1 is 1.03 bits per heavy atom. The van der Waals surface area contributed by atoms with E-state index in [9.17, 15) is 9.18 Å². The highest BCUT2D eigenvalue weighted by molar-refractivity contribution is 6.08. The van der Waals surface area contributed by atoms with Gasteiger partial charge in [0, 0.05) is 30.7 Å². The number of amides is 1. The zero-order valence-electron chi connectivity index (χ0n) is 17.1. The average molecular weight is 412 g/mol. The highest BCUT2D eigenvalue weighted by Gasteiger charge is 2.29. The zero-order valence-corrected chi connectivity index (χ0v) is 17.1. The molecule has 0 spiro atoms. The molecule has 0 atom stereocenters. The number of aryl methyl sites for hydroxylation is 1. The van der Waals surface area contributed by atoms with Crippen molar-refractivity contribution in [3.05, 3.63) is 107 Å². The molecule has 154 valence electrons. The molecule has 0 unspecified atom stereocenters. The Balaban J connectivity index is 1.43. The number of hydrogen-bond acceptors (Lipinski definition) is 3. The van der Waals surface area contributed by atoms with Crippen LogP contribution in [-0.4, -0.2) is 27.2 Å². The van der Waals surface area contributed by atoms with E-state index in [2.05, 4.69) is 28.3 Å². The van der Waals surface area contributed by atoms with Crippen molar-refractivity contribution in [1.82, 2.24) is 14.8 Å².